The maximum atomic E-state index is 13.9. The molecule has 0 bridgehead atoms. The highest BCUT2D eigenvalue weighted by Crippen LogP contribution is 2.30. The Kier molecular flexibility index (Phi) is 4.04. The Balaban J connectivity index is 2.48. The number of carbonyl (C=O) groups excluding carboxylic acids is 1. The lowest BCUT2D eigenvalue weighted by atomic mass is 10.2. The summed E-state index contributed by atoms with van der Waals surface area (Å²) >= 11 is 5.66. The van der Waals surface area contributed by atoms with E-state index in [0.717, 1.165) is 25.0 Å². The van der Waals surface area contributed by atoms with Gasteiger partial charge in [0.1, 0.15) is 10.7 Å². The number of amides is 1. The summed E-state index contributed by atoms with van der Waals surface area (Å²) in [6.07, 6.45) is 1.74. The number of hydrogen-bond donors (Lipinski definition) is 1. The lowest BCUT2D eigenvalue weighted by molar-refractivity contribution is 0.0747. The first kappa shape index (κ1) is 15.2. The lowest BCUT2D eigenvalue weighted by Gasteiger charge is -2.21. The van der Waals surface area contributed by atoms with Crippen molar-refractivity contribution < 1.29 is 17.6 Å². The number of rotatable bonds is 4. The Morgan fingerprint density at radius 2 is 2.10 bits per heavy atom. The minimum absolute atomic E-state index is 0.0977. The van der Waals surface area contributed by atoms with Gasteiger partial charge >= 0.3 is 0 Å². The van der Waals surface area contributed by atoms with Crippen molar-refractivity contribution in [2.24, 2.45) is 5.14 Å². The molecule has 1 aromatic carbocycles. The van der Waals surface area contributed by atoms with Crippen LogP contribution in [0.4, 0.5) is 4.39 Å². The highest BCUT2D eigenvalue weighted by molar-refractivity contribution is 7.89. The lowest BCUT2D eigenvalue weighted by Crippen LogP contribution is -2.33. The third-order valence-corrected chi connectivity index (χ3v) is 4.52. The van der Waals surface area contributed by atoms with E-state index in [0.29, 0.717) is 6.54 Å². The maximum absolute atomic E-state index is 13.9. The van der Waals surface area contributed by atoms with Gasteiger partial charge in [-0.15, -0.1) is 0 Å². The highest BCUT2D eigenvalue weighted by Gasteiger charge is 2.33. The smallest absolute Gasteiger partial charge is 0.257 e. The Morgan fingerprint density at radius 3 is 2.55 bits per heavy atom. The van der Waals surface area contributed by atoms with E-state index in [1.165, 1.54) is 4.90 Å². The molecule has 2 N–H and O–H groups in total. The molecular formula is C12H14ClFN2O3S. The summed E-state index contributed by atoms with van der Waals surface area (Å²) in [6, 6.07) is 1.80. The molecule has 110 valence electrons. The molecule has 0 heterocycles. The molecular weight excluding hydrogens is 307 g/mol. The molecule has 0 saturated heterocycles. The van der Waals surface area contributed by atoms with Crippen LogP contribution in [0.25, 0.3) is 0 Å². The van der Waals surface area contributed by atoms with Gasteiger partial charge in [-0.1, -0.05) is 11.6 Å². The molecule has 20 heavy (non-hydrogen) atoms. The van der Waals surface area contributed by atoms with Crippen molar-refractivity contribution in [1.29, 1.82) is 0 Å². The van der Waals surface area contributed by atoms with Gasteiger partial charge in [-0.3, -0.25) is 4.79 Å². The monoisotopic (exact) mass is 320 g/mol. The van der Waals surface area contributed by atoms with Crippen LogP contribution in [0.2, 0.25) is 5.02 Å². The summed E-state index contributed by atoms with van der Waals surface area (Å²) in [7, 11) is -4.11. The van der Waals surface area contributed by atoms with Crippen molar-refractivity contribution in [2.75, 3.05) is 6.54 Å². The number of benzene rings is 1. The molecule has 0 spiro atoms. The number of hydrogen-bond acceptors (Lipinski definition) is 3. The predicted octanol–water partition coefficient (Wildman–Crippen LogP) is 1.75. The first-order valence-corrected chi connectivity index (χ1v) is 8.01. The van der Waals surface area contributed by atoms with E-state index in [-0.39, 0.29) is 16.6 Å². The van der Waals surface area contributed by atoms with Crippen LogP contribution in [-0.2, 0) is 10.0 Å². The van der Waals surface area contributed by atoms with E-state index in [1.807, 2.05) is 0 Å². The fourth-order valence-electron chi connectivity index (χ4n) is 2.02. The standard InChI is InChI=1S/C12H14ClFN2O3S/c1-2-16(7-3-4-7)12(17)8-5-11(20(15,18)19)9(13)6-10(8)14/h5-7H,2-4H2,1H3,(H2,15,18,19). The zero-order valence-corrected chi connectivity index (χ0v) is 12.3. The average Bonchev–Trinajstić information content (AvgIpc) is 3.12. The number of primary sulfonamides is 1. The highest BCUT2D eigenvalue weighted by atomic mass is 35.5. The van der Waals surface area contributed by atoms with Gasteiger partial charge in [-0.25, -0.2) is 17.9 Å². The molecule has 2 rings (SSSR count). The maximum Gasteiger partial charge on any atom is 0.257 e. The third-order valence-electron chi connectivity index (χ3n) is 3.15. The van der Waals surface area contributed by atoms with Crippen molar-refractivity contribution in [2.45, 2.75) is 30.7 Å². The molecule has 1 aliphatic rings. The van der Waals surface area contributed by atoms with E-state index in [9.17, 15) is 17.6 Å². The van der Waals surface area contributed by atoms with Crippen LogP contribution in [-0.4, -0.2) is 31.8 Å². The van der Waals surface area contributed by atoms with Crippen molar-refractivity contribution in [3.05, 3.63) is 28.5 Å². The molecule has 0 aliphatic heterocycles. The summed E-state index contributed by atoms with van der Waals surface area (Å²) in [4.78, 5) is 13.3. The Morgan fingerprint density at radius 1 is 1.50 bits per heavy atom. The topological polar surface area (TPSA) is 80.5 Å². The van der Waals surface area contributed by atoms with Crippen molar-refractivity contribution >= 4 is 27.5 Å². The minimum Gasteiger partial charge on any atom is -0.336 e. The summed E-state index contributed by atoms with van der Waals surface area (Å²) in [5, 5.41) is 4.66. The van der Waals surface area contributed by atoms with Crippen molar-refractivity contribution in [3.8, 4) is 0 Å². The molecule has 0 unspecified atom stereocenters. The van der Waals surface area contributed by atoms with Crippen LogP contribution in [0, 0.1) is 5.82 Å². The Hall–Kier alpha value is -1.18. The fourth-order valence-corrected chi connectivity index (χ4v) is 3.11. The normalized spacial score (nSPS) is 15.2. The zero-order valence-electron chi connectivity index (χ0n) is 10.8. The fraction of sp³-hybridized carbons (Fsp3) is 0.417. The summed E-state index contributed by atoms with van der Waals surface area (Å²) in [5.41, 5.74) is -0.327. The van der Waals surface area contributed by atoms with Gasteiger partial charge in [-0.05, 0) is 31.9 Å². The van der Waals surface area contributed by atoms with E-state index in [2.05, 4.69) is 0 Å². The van der Waals surface area contributed by atoms with Gasteiger partial charge in [0, 0.05) is 12.6 Å². The quantitative estimate of drug-likeness (QED) is 0.917. The van der Waals surface area contributed by atoms with Gasteiger partial charge < -0.3 is 4.90 Å². The molecule has 0 radical (unpaired) electrons. The van der Waals surface area contributed by atoms with E-state index in [4.69, 9.17) is 16.7 Å². The summed E-state index contributed by atoms with van der Waals surface area (Å²) < 4.78 is 36.6. The molecule has 1 saturated carbocycles. The molecule has 8 heteroatoms. The minimum atomic E-state index is -4.11. The predicted molar refractivity (Wildman–Crippen MR) is 72.5 cm³/mol. The molecule has 5 nitrogen and oxygen atoms in total. The molecule has 1 fully saturated rings. The molecule has 1 amide bonds. The first-order chi connectivity index (χ1) is 9.25. The molecule has 0 atom stereocenters. The third kappa shape index (κ3) is 2.94. The van der Waals surface area contributed by atoms with Gasteiger partial charge in [0.25, 0.3) is 5.91 Å². The second-order valence-corrected chi connectivity index (χ2v) is 6.57. The van der Waals surface area contributed by atoms with Crippen LogP contribution in [0.3, 0.4) is 0 Å². The van der Waals surface area contributed by atoms with Crippen molar-refractivity contribution in [1.82, 2.24) is 4.90 Å². The SMILES string of the molecule is CCN(C(=O)c1cc(S(N)(=O)=O)c(Cl)cc1F)C1CC1. The number of carbonyl (C=O) groups is 1. The first-order valence-electron chi connectivity index (χ1n) is 6.08. The van der Waals surface area contributed by atoms with E-state index < -0.39 is 26.6 Å². The number of halogens is 2. The average molecular weight is 321 g/mol. The molecule has 0 aromatic heterocycles. The Labute approximate surface area is 121 Å². The zero-order chi connectivity index (χ0) is 15.1. The van der Waals surface area contributed by atoms with Crippen molar-refractivity contribution in [3.63, 3.8) is 0 Å². The van der Waals surface area contributed by atoms with E-state index in [1.54, 1.807) is 6.92 Å². The number of nitrogens with two attached hydrogens (primary N) is 1. The van der Waals surface area contributed by atoms with Crippen LogP contribution in [0.15, 0.2) is 17.0 Å². The molecule has 1 aliphatic carbocycles. The van der Waals surface area contributed by atoms with Crippen LogP contribution >= 0.6 is 11.6 Å². The summed E-state index contributed by atoms with van der Waals surface area (Å²) in [5.74, 6) is -1.40. The van der Waals surface area contributed by atoms with E-state index >= 15 is 0 Å². The largest absolute Gasteiger partial charge is 0.336 e. The van der Waals surface area contributed by atoms with Crippen LogP contribution < -0.4 is 5.14 Å². The van der Waals surface area contributed by atoms with Gasteiger partial charge in [0.2, 0.25) is 10.0 Å². The second kappa shape index (κ2) is 5.31. The molecule has 1 aromatic rings. The van der Waals surface area contributed by atoms with Crippen LogP contribution in [0.5, 0.6) is 0 Å². The number of nitrogens with zero attached hydrogens (tertiary/aromatic N) is 1. The van der Waals surface area contributed by atoms with Gasteiger partial charge in [-0.2, -0.15) is 0 Å². The van der Waals surface area contributed by atoms with Gasteiger partial charge in [0.15, 0.2) is 0 Å². The van der Waals surface area contributed by atoms with Crippen LogP contribution in [0.1, 0.15) is 30.1 Å². The number of sulfonamides is 1. The summed E-state index contributed by atoms with van der Waals surface area (Å²) in [6.45, 7) is 2.21. The second-order valence-electron chi connectivity index (χ2n) is 4.63. The van der Waals surface area contributed by atoms with Gasteiger partial charge in [0.05, 0.1) is 10.6 Å². The Bertz CT molecular complexity index is 659.